The molecule has 1 fully saturated rings. The van der Waals surface area contributed by atoms with Crippen LogP contribution >= 0.6 is 0 Å². The van der Waals surface area contributed by atoms with Crippen molar-refractivity contribution in [1.82, 2.24) is 35.5 Å². The lowest BCUT2D eigenvalue weighted by molar-refractivity contribution is -0.132. The molecule has 0 aromatic carbocycles. The third-order valence-electron chi connectivity index (χ3n) is 7.64. The number of amides is 2. The summed E-state index contributed by atoms with van der Waals surface area (Å²) in [6.07, 6.45) is 5.08. The smallest absolute Gasteiger partial charge is 0.224 e. The molecule has 42 heavy (non-hydrogen) atoms. The van der Waals surface area contributed by atoms with Crippen LogP contribution in [0.3, 0.4) is 0 Å². The molecule has 0 spiro atoms. The predicted octanol–water partition coefficient (Wildman–Crippen LogP) is 1.34. The molecule has 0 aliphatic carbocycles. The SMILES string of the molecule is CNN(C)Cc1cc2cccnc2n1CCC(=O)N1CCC(NCCOCCOCCC(=O)NC(C=O)C(C)C)CC1. The number of hydrazine groups is 1. The van der Waals surface area contributed by atoms with E-state index in [9.17, 15) is 14.4 Å². The number of carbonyl (C=O) groups is 3. The number of aldehydes is 1. The van der Waals surface area contributed by atoms with Crippen molar-refractivity contribution >= 4 is 29.1 Å². The molecule has 1 aliphatic rings. The molecule has 1 atom stereocenters. The first kappa shape index (κ1) is 33.6. The second-order valence-electron chi connectivity index (χ2n) is 11.1. The van der Waals surface area contributed by atoms with E-state index in [2.05, 4.69) is 37.7 Å². The molecule has 2 aromatic rings. The Morgan fingerprint density at radius 3 is 2.57 bits per heavy atom. The fourth-order valence-electron chi connectivity index (χ4n) is 4.98. The first-order valence-corrected chi connectivity index (χ1v) is 15.0. The Morgan fingerprint density at radius 2 is 1.88 bits per heavy atom. The number of aryl methyl sites for hydroxylation is 1. The number of hydrogen-bond acceptors (Lipinski definition) is 9. The molecule has 3 heterocycles. The summed E-state index contributed by atoms with van der Waals surface area (Å²) in [7, 11) is 3.88. The van der Waals surface area contributed by atoms with E-state index in [0.717, 1.165) is 62.0 Å². The van der Waals surface area contributed by atoms with Crippen molar-refractivity contribution in [2.45, 2.75) is 64.7 Å². The van der Waals surface area contributed by atoms with Crippen LogP contribution in [0, 0.1) is 5.92 Å². The zero-order chi connectivity index (χ0) is 30.3. The van der Waals surface area contributed by atoms with Gasteiger partial charge >= 0.3 is 0 Å². The van der Waals surface area contributed by atoms with Gasteiger partial charge in [-0.05, 0) is 44.0 Å². The highest BCUT2D eigenvalue weighted by molar-refractivity contribution is 5.80. The number of rotatable bonds is 19. The number of nitrogens with zero attached hydrogens (tertiary/aromatic N) is 4. The Morgan fingerprint density at radius 1 is 1.14 bits per heavy atom. The average molecular weight is 588 g/mol. The van der Waals surface area contributed by atoms with Crippen LogP contribution in [-0.2, 0) is 36.9 Å². The number of ether oxygens (including phenoxy) is 2. The van der Waals surface area contributed by atoms with E-state index in [1.54, 1.807) is 6.20 Å². The summed E-state index contributed by atoms with van der Waals surface area (Å²) >= 11 is 0. The Labute approximate surface area is 249 Å². The van der Waals surface area contributed by atoms with Crippen LogP contribution < -0.4 is 16.1 Å². The first-order valence-electron chi connectivity index (χ1n) is 15.0. The van der Waals surface area contributed by atoms with Gasteiger partial charge in [0.15, 0.2) is 0 Å². The topological polar surface area (TPSA) is 130 Å². The largest absolute Gasteiger partial charge is 0.379 e. The number of aromatic nitrogens is 2. The highest BCUT2D eigenvalue weighted by Gasteiger charge is 2.23. The van der Waals surface area contributed by atoms with Gasteiger partial charge in [-0.2, -0.15) is 0 Å². The zero-order valence-electron chi connectivity index (χ0n) is 25.6. The zero-order valence-corrected chi connectivity index (χ0v) is 25.6. The van der Waals surface area contributed by atoms with Gasteiger partial charge in [0.1, 0.15) is 11.9 Å². The summed E-state index contributed by atoms with van der Waals surface area (Å²) in [5.41, 5.74) is 5.18. The summed E-state index contributed by atoms with van der Waals surface area (Å²) in [4.78, 5) is 42.4. The van der Waals surface area contributed by atoms with Crippen molar-refractivity contribution in [1.29, 1.82) is 0 Å². The van der Waals surface area contributed by atoms with E-state index < -0.39 is 6.04 Å². The molecule has 12 nitrogen and oxygen atoms in total. The number of fused-ring (bicyclic) bond motifs is 1. The third-order valence-corrected chi connectivity index (χ3v) is 7.64. The molecule has 2 amide bonds. The van der Waals surface area contributed by atoms with Crippen molar-refractivity contribution in [3.8, 4) is 0 Å². The molecule has 0 bridgehead atoms. The molecule has 3 N–H and O–H groups in total. The number of pyridine rings is 1. The summed E-state index contributed by atoms with van der Waals surface area (Å²) in [5, 5.41) is 9.32. The molecular formula is C30H49N7O5. The minimum absolute atomic E-state index is 0.0640. The maximum absolute atomic E-state index is 13.0. The lowest BCUT2D eigenvalue weighted by atomic mass is 10.0. The van der Waals surface area contributed by atoms with Crippen LogP contribution in [0.25, 0.3) is 11.0 Å². The van der Waals surface area contributed by atoms with Crippen molar-refractivity contribution < 1.29 is 23.9 Å². The lowest BCUT2D eigenvalue weighted by Crippen LogP contribution is -2.45. The van der Waals surface area contributed by atoms with Gasteiger partial charge in [-0.1, -0.05) is 13.8 Å². The van der Waals surface area contributed by atoms with Gasteiger partial charge in [-0.15, -0.1) is 0 Å². The van der Waals surface area contributed by atoms with Gasteiger partial charge in [-0.3, -0.25) is 15.0 Å². The monoisotopic (exact) mass is 587 g/mol. The van der Waals surface area contributed by atoms with Crippen molar-refractivity contribution in [2.24, 2.45) is 5.92 Å². The van der Waals surface area contributed by atoms with Crippen molar-refractivity contribution in [3.05, 3.63) is 30.1 Å². The highest BCUT2D eigenvalue weighted by Crippen LogP contribution is 2.20. The summed E-state index contributed by atoms with van der Waals surface area (Å²) in [6.45, 7) is 9.08. The predicted molar refractivity (Wildman–Crippen MR) is 162 cm³/mol. The van der Waals surface area contributed by atoms with Crippen LogP contribution in [0.1, 0.15) is 45.2 Å². The first-order chi connectivity index (χ1) is 20.3. The third kappa shape index (κ3) is 10.7. The number of carbonyl (C=O) groups excluding carboxylic acids is 3. The number of nitrogens with one attached hydrogen (secondary N) is 3. The van der Waals surface area contributed by atoms with Gasteiger partial charge in [0.2, 0.25) is 11.8 Å². The van der Waals surface area contributed by atoms with E-state index in [-0.39, 0.29) is 24.2 Å². The molecule has 0 radical (unpaired) electrons. The molecule has 0 saturated carbocycles. The normalized spacial score (nSPS) is 15.0. The summed E-state index contributed by atoms with van der Waals surface area (Å²) < 4.78 is 13.3. The molecular weight excluding hydrogens is 538 g/mol. The van der Waals surface area contributed by atoms with Crippen LogP contribution in [0.15, 0.2) is 24.4 Å². The van der Waals surface area contributed by atoms with Gasteiger partial charge in [0.25, 0.3) is 0 Å². The maximum Gasteiger partial charge on any atom is 0.224 e. The molecule has 1 unspecified atom stereocenters. The minimum atomic E-state index is -0.459. The summed E-state index contributed by atoms with van der Waals surface area (Å²) in [6, 6.07) is 6.06. The van der Waals surface area contributed by atoms with Gasteiger partial charge in [0, 0.05) is 69.4 Å². The Balaban J connectivity index is 1.26. The van der Waals surface area contributed by atoms with Gasteiger partial charge in [0.05, 0.1) is 39.0 Å². The maximum atomic E-state index is 13.0. The molecule has 3 rings (SSSR count). The van der Waals surface area contributed by atoms with Crippen molar-refractivity contribution in [3.63, 3.8) is 0 Å². The fraction of sp³-hybridized carbons (Fsp3) is 0.667. The fourth-order valence-corrected chi connectivity index (χ4v) is 4.98. The van der Waals surface area contributed by atoms with E-state index in [1.807, 2.05) is 43.9 Å². The van der Waals surface area contributed by atoms with E-state index in [4.69, 9.17) is 9.47 Å². The van der Waals surface area contributed by atoms with E-state index in [1.165, 1.54) is 0 Å². The summed E-state index contributed by atoms with van der Waals surface area (Å²) in [5.74, 6) is 0.0605. The van der Waals surface area contributed by atoms with Crippen LogP contribution in [0.5, 0.6) is 0 Å². The van der Waals surface area contributed by atoms with Crippen molar-refractivity contribution in [2.75, 3.05) is 60.2 Å². The second-order valence-corrected chi connectivity index (χ2v) is 11.1. The minimum Gasteiger partial charge on any atom is -0.379 e. The molecule has 12 heteroatoms. The van der Waals surface area contributed by atoms with Crippen LogP contribution in [0.2, 0.25) is 0 Å². The standard InChI is InChI=1S/C30H49N7O5/c1-23(2)27(22-38)34-28(39)10-16-41-18-19-42-17-12-32-25-7-13-36(14-8-25)29(40)9-15-37-26(21-35(4)31-3)20-24-6-5-11-33-30(24)37/h5-6,11,20,22-23,25,27,31-32H,7-10,12-19,21H2,1-4H3,(H,34,39). The van der Waals surface area contributed by atoms with E-state index in [0.29, 0.717) is 45.4 Å². The van der Waals surface area contributed by atoms with Crippen LogP contribution in [-0.4, -0.2) is 110 Å². The number of hydrogen-bond donors (Lipinski definition) is 3. The highest BCUT2D eigenvalue weighted by atomic mass is 16.5. The molecule has 1 aliphatic heterocycles. The lowest BCUT2D eigenvalue weighted by Gasteiger charge is -2.32. The second kappa shape index (κ2) is 17.9. The molecule has 2 aromatic heterocycles. The Bertz CT molecular complexity index is 1120. The Hall–Kier alpha value is -2.90. The van der Waals surface area contributed by atoms with Gasteiger partial charge in [-0.25, -0.2) is 9.99 Å². The average Bonchev–Trinajstić information content (AvgIpc) is 3.34. The number of piperidine rings is 1. The number of likely N-dealkylation sites (tertiary alicyclic amines) is 1. The quantitative estimate of drug-likeness (QED) is 0.127. The van der Waals surface area contributed by atoms with E-state index >= 15 is 0 Å². The molecule has 1 saturated heterocycles. The molecule has 234 valence electrons. The van der Waals surface area contributed by atoms with Gasteiger partial charge < -0.3 is 34.4 Å². The van der Waals surface area contributed by atoms with Crippen LogP contribution in [0.4, 0.5) is 0 Å². The Kier molecular flexibility index (Phi) is 14.3.